The topological polar surface area (TPSA) is 91.6 Å². The minimum absolute atomic E-state index is 0.0284. The highest BCUT2D eigenvalue weighted by molar-refractivity contribution is 7.80. The van der Waals surface area contributed by atoms with Gasteiger partial charge in [-0.05, 0) is 86.6 Å². The third kappa shape index (κ3) is 4.48. The molecule has 2 amide bonds. The molecule has 2 aromatic carbocycles. The molecule has 35 heavy (non-hydrogen) atoms. The number of carboxylic acid groups (broad SMARTS) is 1. The summed E-state index contributed by atoms with van der Waals surface area (Å²) in [4.78, 5) is 38.8. The molecule has 0 spiro atoms. The Morgan fingerprint density at radius 2 is 1.69 bits per heavy atom. The summed E-state index contributed by atoms with van der Waals surface area (Å²) >= 11 is 17.5. The van der Waals surface area contributed by atoms with Crippen molar-refractivity contribution < 1.29 is 19.5 Å². The molecule has 0 radical (unpaired) electrons. The number of thiocarbonyl (C=S) groups is 1. The van der Waals surface area contributed by atoms with Gasteiger partial charge in [0.25, 0.3) is 11.8 Å². The number of amides is 2. The van der Waals surface area contributed by atoms with Crippen LogP contribution in [-0.2, 0) is 9.59 Å². The number of hydrogen-bond acceptors (Lipinski definition) is 4. The third-order valence-electron chi connectivity index (χ3n) is 5.72. The number of rotatable bonds is 4. The number of carboxylic acids is 1. The summed E-state index contributed by atoms with van der Waals surface area (Å²) in [6.45, 7) is 5.48. The summed E-state index contributed by atoms with van der Waals surface area (Å²) in [6, 6.07) is 11.6. The first-order valence-electron chi connectivity index (χ1n) is 10.4. The van der Waals surface area contributed by atoms with Crippen LogP contribution in [0.15, 0.2) is 48.0 Å². The number of carbonyl (C=O) groups is 3. The van der Waals surface area contributed by atoms with Crippen LogP contribution in [0.2, 0.25) is 10.0 Å². The average Bonchev–Trinajstić information content (AvgIpc) is 3.06. The number of nitrogens with zero attached hydrogens (tertiary/aromatic N) is 2. The van der Waals surface area contributed by atoms with Gasteiger partial charge >= 0.3 is 5.97 Å². The molecule has 2 heterocycles. The standard InChI is InChI=1S/C25H19Cl2N3O4S/c1-12-4-5-17(11-21(12)27)30-23(32)19(22(31)28-25(30)35)9-15-8-13(2)29(14(15)3)16-6-7-20(26)18(10-16)24(33)34/h4-11H,1-3H3,(H,33,34)(H,28,31,35)/b19-9+. The Bertz CT molecular complexity index is 1480. The van der Waals surface area contributed by atoms with E-state index in [9.17, 15) is 19.5 Å². The molecule has 3 aromatic rings. The maximum absolute atomic E-state index is 13.4. The molecule has 1 aromatic heterocycles. The lowest BCUT2D eigenvalue weighted by Gasteiger charge is -2.29. The molecule has 0 bridgehead atoms. The van der Waals surface area contributed by atoms with E-state index in [1.165, 1.54) is 23.1 Å². The minimum atomic E-state index is -1.14. The maximum Gasteiger partial charge on any atom is 0.337 e. The van der Waals surface area contributed by atoms with Crippen molar-refractivity contribution in [3.05, 3.63) is 86.2 Å². The van der Waals surface area contributed by atoms with E-state index in [4.69, 9.17) is 35.4 Å². The number of carbonyl (C=O) groups excluding carboxylic acids is 2. The number of aromatic carboxylic acids is 1. The Morgan fingerprint density at radius 1 is 1.00 bits per heavy atom. The minimum Gasteiger partial charge on any atom is -0.478 e. The molecular formula is C25H19Cl2N3O4S. The zero-order chi connectivity index (χ0) is 25.6. The van der Waals surface area contributed by atoms with E-state index >= 15 is 0 Å². The highest BCUT2D eigenvalue weighted by atomic mass is 35.5. The molecule has 1 aliphatic rings. The normalized spacial score (nSPS) is 15.1. The molecule has 4 rings (SSSR count). The second-order valence-electron chi connectivity index (χ2n) is 8.02. The summed E-state index contributed by atoms with van der Waals surface area (Å²) in [6.07, 6.45) is 1.50. The number of benzene rings is 2. The van der Waals surface area contributed by atoms with Crippen LogP contribution in [0, 0.1) is 20.8 Å². The van der Waals surface area contributed by atoms with E-state index in [2.05, 4.69) is 5.32 Å². The average molecular weight is 528 g/mol. The highest BCUT2D eigenvalue weighted by Crippen LogP contribution is 2.29. The number of aromatic nitrogens is 1. The van der Waals surface area contributed by atoms with Crippen LogP contribution in [0.25, 0.3) is 11.8 Å². The highest BCUT2D eigenvalue weighted by Gasteiger charge is 2.35. The number of aryl methyl sites for hydroxylation is 2. The molecule has 1 saturated heterocycles. The Balaban J connectivity index is 1.78. The molecule has 0 atom stereocenters. The van der Waals surface area contributed by atoms with E-state index in [0.717, 1.165) is 11.3 Å². The Hall–Kier alpha value is -3.46. The van der Waals surface area contributed by atoms with Crippen molar-refractivity contribution in [2.24, 2.45) is 0 Å². The van der Waals surface area contributed by atoms with Crippen LogP contribution in [-0.4, -0.2) is 32.6 Å². The summed E-state index contributed by atoms with van der Waals surface area (Å²) in [5.74, 6) is -2.33. The van der Waals surface area contributed by atoms with E-state index in [1.54, 1.807) is 30.3 Å². The number of halogens is 2. The quantitative estimate of drug-likeness (QED) is 0.275. The molecular weight excluding hydrogens is 509 g/mol. The zero-order valence-electron chi connectivity index (χ0n) is 18.8. The van der Waals surface area contributed by atoms with Crippen molar-refractivity contribution in [2.75, 3.05) is 4.90 Å². The van der Waals surface area contributed by atoms with Gasteiger partial charge in [0.05, 0.1) is 16.3 Å². The van der Waals surface area contributed by atoms with Crippen molar-refractivity contribution >= 4 is 70.1 Å². The van der Waals surface area contributed by atoms with Gasteiger partial charge in [-0.2, -0.15) is 0 Å². The number of nitrogens with one attached hydrogen (secondary N) is 1. The summed E-state index contributed by atoms with van der Waals surface area (Å²) < 4.78 is 1.82. The fourth-order valence-electron chi connectivity index (χ4n) is 3.92. The molecule has 7 nitrogen and oxygen atoms in total. The molecule has 0 unspecified atom stereocenters. The lowest BCUT2D eigenvalue weighted by molar-refractivity contribution is -0.122. The van der Waals surface area contributed by atoms with Crippen molar-refractivity contribution in [3.8, 4) is 5.69 Å². The first kappa shape index (κ1) is 24.7. The van der Waals surface area contributed by atoms with Gasteiger partial charge in [0, 0.05) is 22.1 Å². The molecule has 1 aliphatic heterocycles. The summed E-state index contributed by atoms with van der Waals surface area (Å²) in [7, 11) is 0. The second-order valence-corrected chi connectivity index (χ2v) is 9.22. The van der Waals surface area contributed by atoms with Gasteiger partial charge in [-0.15, -0.1) is 0 Å². The van der Waals surface area contributed by atoms with E-state index < -0.39 is 17.8 Å². The predicted octanol–water partition coefficient (Wildman–Crippen LogP) is 5.24. The zero-order valence-corrected chi connectivity index (χ0v) is 21.2. The van der Waals surface area contributed by atoms with Crippen molar-refractivity contribution in [1.29, 1.82) is 0 Å². The molecule has 2 N–H and O–H groups in total. The molecule has 0 aliphatic carbocycles. The summed E-state index contributed by atoms with van der Waals surface area (Å²) in [5, 5.41) is 12.5. The SMILES string of the molecule is Cc1ccc(N2C(=O)/C(=C/c3cc(C)n(-c4ccc(Cl)c(C(=O)O)c4)c3C)C(=O)NC2=S)cc1Cl. The molecule has 178 valence electrons. The lowest BCUT2D eigenvalue weighted by Crippen LogP contribution is -2.54. The third-order valence-corrected chi connectivity index (χ3v) is 6.75. The van der Waals surface area contributed by atoms with Crippen LogP contribution in [0.4, 0.5) is 5.69 Å². The van der Waals surface area contributed by atoms with Crippen LogP contribution >= 0.6 is 35.4 Å². The first-order valence-corrected chi connectivity index (χ1v) is 11.6. The van der Waals surface area contributed by atoms with Gasteiger partial charge in [-0.25, -0.2) is 4.79 Å². The number of hydrogen-bond donors (Lipinski definition) is 2. The van der Waals surface area contributed by atoms with Crippen LogP contribution in [0.3, 0.4) is 0 Å². The monoisotopic (exact) mass is 527 g/mol. The largest absolute Gasteiger partial charge is 0.478 e. The van der Waals surface area contributed by atoms with Crippen LogP contribution in [0.1, 0.15) is 32.9 Å². The van der Waals surface area contributed by atoms with Gasteiger partial charge in [0.2, 0.25) is 0 Å². The fraction of sp³-hybridized carbons (Fsp3) is 0.120. The van der Waals surface area contributed by atoms with Crippen molar-refractivity contribution in [2.45, 2.75) is 20.8 Å². The lowest BCUT2D eigenvalue weighted by atomic mass is 10.1. The Morgan fingerprint density at radius 3 is 2.34 bits per heavy atom. The summed E-state index contributed by atoms with van der Waals surface area (Å²) in [5.41, 5.74) is 3.82. The molecule has 10 heteroatoms. The van der Waals surface area contributed by atoms with E-state index in [1.807, 2.05) is 25.3 Å². The van der Waals surface area contributed by atoms with Crippen LogP contribution < -0.4 is 10.2 Å². The first-order chi connectivity index (χ1) is 16.5. The second kappa shape index (κ2) is 9.30. The maximum atomic E-state index is 13.4. The smallest absolute Gasteiger partial charge is 0.337 e. The Labute approximate surface area is 216 Å². The molecule has 0 saturated carbocycles. The van der Waals surface area contributed by atoms with E-state index in [-0.39, 0.29) is 21.3 Å². The fourth-order valence-corrected chi connectivity index (χ4v) is 4.57. The van der Waals surface area contributed by atoms with Gasteiger partial charge in [-0.3, -0.25) is 19.8 Å². The van der Waals surface area contributed by atoms with Gasteiger partial charge in [0.15, 0.2) is 5.11 Å². The van der Waals surface area contributed by atoms with E-state index in [0.29, 0.717) is 27.7 Å². The van der Waals surface area contributed by atoms with Gasteiger partial charge < -0.3 is 9.67 Å². The van der Waals surface area contributed by atoms with Crippen molar-refractivity contribution in [3.63, 3.8) is 0 Å². The predicted molar refractivity (Wildman–Crippen MR) is 140 cm³/mol. The molecule has 1 fully saturated rings. The van der Waals surface area contributed by atoms with Crippen LogP contribution in [0.5, 0.6) is 0 Å². The Kier molecular flexibility index (Phi) is 6.55. The van der Waals surface area contributed by atoms with Gasteiger partial charge in [-0.1, -0.05) is 29.3 Å². The van der Waals surface area contributed by atoms with Crippen molar-refractivity contribution in [1.82, 2.24) is 9.88 Å². The number of anilines is 1. The van der Waals surface area contributed by atoms with Gasteiger partial charge in [0.1, 0.15) is 5.57 Å².